The lowest BCUT2D eigenvalue weighted by Gasteiger charge is -2.35. The molecular formula is C17H28N2. The van der Waals surface area contributed by atoms with Crippen molar-refractivity contribution in [3.8, 4) is 0 Å². The largest absolute Gasteiger partial charge is 0.319 e. The lowest BCUT2D eigenvalue weighted by atomic mass is 9.81. The van der Waals surface area contributed by atoms with Crippen LogP contribution in [-0.4, -0.2) is 38.1 Å². The van der Waals surface area contributed by atoms with Crippen molar-refractivity contribution in [2.24, 2.45) is 5.41 Å². The van der Waals surface area contributed by atoms with E-state index in [1.54, 1.807) is 0 Å². The van der Waals surface area contributed by atoms with Crippen LogP contribution >= 0.6 is 0 Å². The minimum absolute atomic E-state index is 0.191. The van der Waals surface area contributed by atoms with Gasteiger partial charge < -0.3 is 10.2 Å². The monoisotopic (exact) mass is 260 g/mol. The van der Waals surface area contributed by atoms with Crippen LogP contribution in [0.1, 0.15) is 32.8 Å². The van der Waals surface area contributed by atoms with Crippen molar-refractivity contribution in [3.63, 3.8) is 0 Å². The topological polar surface area (TPSA) is 15.3 Å². The van der Waals surface area contributed by atoms with Crippen molar-refractivity contribution in [3.05, 3.63) is 35.9 Å². The first-order chi connectivity index (χ1) is 8.95. The van der Waals surface area contributed by atoms with Gasteiger partial charge in [-0.2, -0.15) is 0 Å². The smallest absolute Gasteiger partial charge is 0.0176 e. The normalized spacial score (nSPS) is 22.3. The first kappa shape index (κ1) is 14.5. The van der Waals surface area contributed by atoms with E-state index in [1.165, 1.54) is 25.1 Å². The third-order valence-electron chi connectivity index (χ3n) is 4.37. The zero-order valence-electron chi connectivity index (χ0n) is 12.9. The Morgan fingerprint density at radius 3 is 2.47 bits per heavy atom. The Hall–Kier alpha value is -0.860. The molecule has 1 N–H and O–H groups in total. The molecular weight excluding hydrogens is 232 g/mol. The Morgan fingerprint density at radius 2 is 1.95 bits per heavy atom. The van der Waals surface area contributed by atoms with Crippen molar-refractivity contribution in [2.45, 2.75) is 32.6 Å². The van der Waals surface area contributed by atoms with Crippen LogP contribution in [0.15, 0.2) is 30.3 Å². The third-order valence-corrected chi connectivity index (χ3v) is 4.37. The Morgan fingerprint density at radius 1 is 1.26 bits per heavy atom. The predicted octanol–water partition coefficient (Wildman–Crippen LogP) is 2.90. The highest BCUT2D eigenvalue weighted by Gasteiger charge is 2.34. The van der Waals surface area contributed by atoms with E-state index < -0.39 is 0 Å². The average molecular weight is 260 g/mol. The van der Waals surface area contributed by atoms with E-state index in [9.17, 15) is 0 Å². The molecule has 1 aromatic rings. The summed E-state index contributed by atoms with van der Waals surface area (Å²) in [6.07, 6.45) is 1.32. The maximum Gasteiger partial charge on any atom is 0.0176 e. The fourth-order valence-electron chi connectivity index (χ4n) is 3.33. The predicted molar refractivity (Wildman–Crippen MR) is 82.6 cm³/mol. The Balaban J connectivity index is 2.12. The first-order valence-corrected chi connectivity index (χ1v) is 7.38. The summed E-state index contributed by atoms with van der Waals surface area (Å²) < 4.78 is 0. The number of rotatable bonds is 5. The molecule has 0 radical (unpaired) electrons. The summed E-state index contributed by atoms with van der Waals surface area (Å²) in [5.74, 6) is 0. The molecule has 106 valence electrons. The summed E-state index contributed by atoms with van der Waals surface area (Å²) in [7, 11) is 2.05. The molecule has 1 unspecified atom stereocenters. The number of likely N-dealkylation sites (tertiary alicyclic amines) is 1. The molecule has 1 atom stereocenters. The van der Waals surface area contributed by atoms with Gasteiger partial charge in [0.05, 0.1) is 0 Å². The maximum atomic E-state index is 3.37. The van der Waals surface area contributed by atoms with Gasteiger partial charge in [0.1, 0.15) is 0 Å². The number of likely N-dealkylation sites (N-methyl/N-ethyl adjacent to an activating group) is 1. The Bertz CT molecular complexity index is 399. The number of nitrogens with zero attached hydrogens (tertiary/aromatic N) is 1. The molecule has 19 heavy (non-hydrogen) atoms. The molecule has 0 bridgehead atoms. The molecule has 0 aromatic heterocycles. The van der Waals surface area contributed by atoms with E-state index in [0.29, 0.717) is 5.41 Å². The molecule has 2 nitrogen and oxygen atoms in total. The number of hydrogen-bond acceptors (Lipinski definition) is 2. The van der Waals surface area contributed by atoms with Crippen molar-refractivity contribution in [1.82, 2.24) is 10.2 Å². The molecule has 0 aliphatic carbocycles. The zero-order chi connectivity index (χ0) is 13.9. The minimum Gasteiger partial charge on any atom is -0.319 e. The van der Waals surface area contributed by atoms with E-state index >= 15 is 0 Å². The van der Waals surface area contributed by atoms with E-state index in [1.807, 2.05) is 0 Å². The van der Waals surface area contributed by atoms with Crippen LogP contribution in [0.3, 0.4) is 0 Å². The molecule has 1 aromatic carbocycles. The van der Waals surface area contributed by atoms with Crippen LogP contribution < -0.4 is 5.32 Å². The summed E-state index contributed by atoms with van der Waals surface area (Å²) >= 11 is 0. The van der Waals surface area contributed by atoms with Crippen LogP contribution in [0, 0.1) is 5.41 Å². The van der Waals surface area contributed by atoms with E-state index in [2.05, 4.69) is 68.4 Å². The van der Waals surface area contributed by atoms with Gasteiger partial charge in [-0.05, 0) is 31.0 Å². The second kappa shape index (κ2) is 5.64. The van der Waals surface area contributed by atoms with Crippen LogP contribution in [0.5, 0.6) is 0 Å². The standard InChI is InChI=1S/C17H28N2/c1-16(2)10-11-19(13-16)14-17(3,12-18-4)15-8-6-5-7-9-15/h5-9,18H,10-14H2,1-4H3. The second-order valence-corrected chi connectivity index (χ2v) is 7.08. The van der Waals surface area contributed by atoms with Gasteiger partial charge in [-0.1, -0.05) is 51.1 Å². The van der Waals surface area contributed by atoms with Gasteiger partial charge in [-0.15, -0.1) is 0 Å². The number of hydrogen-bond donors (Lipinski definition) is 1. The van der Waals surface area contributed by atoms with Crippen LogP contribution in [-0.2, 0) is 5.41 Å². The number of benzene rings is 1. The van der Waals surface area contributed by atoms with Crippen LogP contribution in [0.25, 0.3) is 0 Å². The highest BCUT2D eigenvalue weighted by Crippen LogP contribution is 2.32. The van der Waals surface area contributed by atoms with Gasteiger partial charge in [0.25, 0.3) is 0 Å². The van der Waals surface area contributed by atoms with Gasteiger partial charge in [-0.3, -0.25) is 0 Å². The zero-order valence-corrected chi connectivity index (χ0v) is 12.9. The molecule has 1 heterocycles. The SMILES string of the molecule is CNCC(C)(CN1CCC(C)(C)C1)c1ccccc1. The second-order valence-electron chi connectivity index (χ2n) is 7.08. The molecule has 0 spiro atoms. The summed E-state index contributed by atoms with van der Waals surface area (Å²) in [5, 5.41) is 3.37. The van der Waals surface area contributed by atoms with E-state index in [-0.39, 0.29) is 5.41 Å². The maximum absolute atomic E-state index is 3.37. The summed E-state index contributed by atoms with van der Waals surface area (Å²) in [6, 6.07) is 10.9. The molecule has 1 fully saturated rings. The molecule has 0 saturated carbocycles. The van der Waals surface area contributed by atoms with Crippen LogP contribution in [0.2, 0.25) is 0 Å². The minimum atomic E-state index is 0.191. The molecule has 2 rings (SSSR count). The van der Waals surface area contributed by atoms with Crippen molar-refractivity contribution in [1.29, 1.82) is 0 Å². The summed E-state index contributed by atoms with van der Waals surface area (Å²) in [4.78, 5) is 2.63. The van der Waals surface area contributed by atoms with Crippen LogP contribution in [0.4, 0.5) is 0 Å². The average Bonchev–Trinajstić information content (AvgIpc) is 2.70. The highest BCUT2D eigenvalue weighted by atomic mass is 15.2. The van der Waals surface area contributed by atoms with Crippen molar-refractivity contribution >= 4 is 0 Å². The van der Waals surface area contributed by atoms with Crippen molar-refractivity contribution in [2.75, 3.05) is 33.2 Å². The van der Waals surface area contributed by atoms with Gasteiger partial charge in [-0.25, -0.2) is 0 Å². The summed E-state index contributed by atoms with van der Waals surface area (Å²) in [5.41, 5.74) is 2.11. The third kappa shape index (κ3) is 3.58. The number of nitrogens with one attached hydrogen (secondary N) is 1. The first-order valence-electron chi connectivity index (χ1n) is 7.38. The molecule has 0 amide bonds. The molecule has 1 saturated heterocycles. The summed E-state index contributed by atoms with van der Waals surface area (Å²) in [6.45, 7) is 11.8. The van der Waals surface area contributed by atoms with Gasteiger partial charge in [0.2, 0.25) is 0 Å². The lowest BCUT2D eigenvalue weighted by molar-refractivity contribution is 0.230. The van der Waals surface area contributed by atoms with E-state index in [4.69, 9.17) is 0 Å². The molecule has 1 aliphatic rings. The van der Waals surface area contributed by atoms with Gasteiger partial charge >= 0.3 is 0 Å². The fraction of sp³-hybridized carbons (Fsp3) is 0.647. The van der Waals surface area contributed by atoms with Gasteiger partial charge in [0.15, 0.2) is 0 Å². The fourth-order valence-corrected chi connectivity index (χ4v) is 3.33. The van der Waals surface area contributed by atoms with Gasteiger partial charge in [0, 0.05) is 25.0 Å². The Labute approximate surface area is 118 Å². The van der Waals surface area contributed by atoms with E-state index in [0.717, 1.165) is 13.1 Å². The molecule has 1 aliphatic heterocycles. The highest BCUT2D eigenvalue weighted by molar-refractivity contribution is 5.25. The Kier molecular flexibility index (Phi) is 4.32. The lowest BCUT2D eigenvalue weighted by Crippen LogP contribution is -2.44. The van der Waals surface area contributed by atoms with Crippen molar-refractivity contribution < 1.29 is 0 Å². The molecule has 2 heteroatoms. The quantitative estimate of drug-likeness (QED) is 0.876.